The quantitative estimate of drug-likeness (QED) is 0.516. The molecule has 0 radical (unpaired) electrons. The smallest absolute Gasteiger partial charge is 0.120 e. The highest BCUT2D eigenvalue weighted by atomic mass is 16.5. The Bertz CT molecular complexity index is 366. The fraction of sp³-hybridized carbons (Fsp3) is 0.571. The van der Waals surface area contributed by atoms with Gasteiger partial charge < -0.3 is 20.3 Å². The molecular formula is C14H23NO3. The van der Waals surface area contributed by atoms with Crippen molar-refractivity contribution in [3.05, 3.63) is 23.8 Å². The molecule has 0 aromatic heterocycles. The highest BCUT2D eigenvalue weighted by Gasteiger charge is 2.10. The number of rotatable bonds is 7. The van der Waals surface area contributed by atoms with Gasteiger partial charge >= 0.3 is 0 Å². The van der Waals surface area contributed by atoms with E-state index in [1.807, 2.05) is 6.92 Å². The summed E-state index contributed by atoms with van der Waals surface area (Å²) in [5, 5.41) is 22.3. The van der Waals surface area contributed by atoms with Crippen LogP contribution < -0.4 is 5.32 Å². The van der Waals surface area contributed by atoms with Gasteiger partial charge in [-0.25, -0.2) is 0 Å². The second kappa shape index (κ2) is 7.24. The normalized spacial score (nSPS) is 12.9. The van der Waals surface area contributed by atoms with Crippen LogP contribution in [0, 0.1) is 5.92 Å². The molecule has 0 heterocycles. The Labute approximate surface area is 109 Å². The molecule has 3 N–H and O–H groups in total. The number of benzene rings is 1. The maximum atomic E-state index is 9.70. The molecule has 0 fully saturated rings. The SMILES string of the molecule is CC(C)COCCNC(C)c1cc(O)ccc1O. The van der Waals surface area contributed by atoms with Crippen molar-refractivity contribution in [3.63, 3.8) is 0 Å². The number of phenols is 2. The molecule has 0 spiro atoms. The van der Waals surface area contributed by atoms with Gasteiger partial charge in [-0.2, -0.15) is 0 Å². The van der Waals surface area contributed by atoms with Crippen LogP contribution in [-0.4, -0.2) is 30.0 Å². The van der Waals surface area contributed by atoms with Crippen LogP contribution >= 0.6 is 0 Å². The third-order valence-corrected chi connectivity index (χ3v) is 2.63. The van der Waals surface area contributed by atoms with Gasteiger partial charge in [-0.15, -0.1) is 0 Å². The summed E-state index contributed by atoms with van der Waals surface area (Å²) >= 11 is 0. The zero-order chi connectivity index (χ0) is 13.5. The molecule has 0 aliphatic heterocycles. The molecule has 102 valence electrons. The molecule has 1 aromatic carbocycles. The van der Waals surface area contributed by atoms with Crippen molar-refractivity contribution in [2.45, 2.75) is 26.8 Å². The molecule has 0 aliphatic carbocycles. The monoisotopic (exact) mass is 253 g/mol. The summed E-state index contributed by atoms with van der Waals surface area (Å²) in [5.74, 6) is 0.890. The predicted molar refractivity (Wildman–Crippen MR) is 71.8 cm³/mol. The van der Waals surface area contributed by atoms with Gasteiger partial charge in [0, 0.05) is 24.8 Å². The van der Waals surface area contributed by atoms with Crippen LogP contribution in [0.2, 0.25) is 0 Å². The van der Waals surface area contributed by atoms with Gasteiger partial charge in [-0.05, 0) is 31.0 Å². The fourth-order valence-corrected chi connectivity index (χ4v) is 1.67. The summed E-state index contributed by atoms with van der Waals surface area (Å²) in [4.78, 5) is 0. The Hall–Kier alpha value is -1.26. The van der Waals surface area contributed by atoms with Gasteiger partial charge in [-0.3, -0.25) is 0 Å². The molecule has 1 atom stereocenters. The lowest BCUT2D eigenvalue weighted by Gasteiger charge is -2.16. The lowest BCUT2D eigenvalue weighted by Crippen LogP contribution is -2.24. The maximum Gasteiger partial charge on any atom is 0.120 e. The van der Waals surface area contributed by atoms with E-state index >= 15 is 0 Å². The molecule has 0 amide bonds. The molecule has 0 bridgehead atoms. The molecule has 18 heavy (non-hydrogen) atoms. The zero-order valence-electron chi connectivity index (χ0n) is 11.3. The van der Waals surface area contributed by atoms with Crippen molar-refractivity contribution in [1.29, 1.82) is 0 Å². The van der Waals surface area contributed by atoms with Gasteiger partial charge in [0.2, 0.25) is 0 Å². The topological polar surface area (TPSA) is 61.7 Å². The van der Waals surface area contributed by atoms with E-state index in [4.69, 9.17) is 4.74 Å². The van der Waals surface area contributed by atoms with E-state index in [0.717, 1.165) is 6.61 Å². The van der Waals surface area contributed by atoms with E-state index in [2.05, 4.69) is 19.2 Å². The Morgan fingerprint density at radius 3 is 2.61 bits per heavy atom. The zero-order valence-corrected chi connectivity index (χ0v) is 11.3. The maximum absolute atomic E-state index is 9.70. The summed E-state index contributed by atoms with van der Waals surface area (Å²) in [5.41, 5.74) is 0.693. The van der Waals surface area contributed by atoms with Crippen LogP contribution in [0.5, 0.6) is 11.5 Å². The van der Waals surface area contributed by atoms with Gasteiger partial charge in [0.15, 0.2) is 0 Å². The van der Waals surface area contributed by atoms with Crippen LogP contribution in [0.4, 0.5) is 0 Å². The molecule has 1 unspecified atom stereocenters. The van der Waals surface area contributed by atoms with Crippen molar-refractivity contribution in [3.8, 4) is 11.5 Å². The Morgan fingerprint density at radius 1 is 1.22 bits per heavy atom. The summed E-state index contributed by atoms with van der Waals surface area (Å²) in [6.45, 7) is 8.27. The Balaban J connectivity index is 2.36. The number of phenolic OH excluding ortho intramolecular Hbond substituents is 2. The van der Waals surface area contributed by atoms with Gasteiger partial charge in [0.1, 0.15) is 11.5 Å². The minimum atomic E-state index is -0.0280. The molecular weight excluding hydrogens is 230 g/mol. The van der Waals surface area contributed by atoms with E-state index in [1.54, 1.807) is 6.07 Å². The first-order valence-corrected chi connectivity index (χ1v) is 6.33. The number of aromatic hydroxyl groups is 2. The average molecular weight is 253 g/mol. The van der Waals surface area contributed by atoms with Crippen LogP contribution in [0.15, 0.2) is 18.2 Å². The summed E-state index contributed by atoms with van der Waals surface area (Å²) in [6.07, 6.45) is 0. The standard InChI is InChI=1S/C14H23NO3/c1-10(2)9-18-7-6-15-11(3)13-8-12(16)4-5-14(13)17/h4-5,8,10-11,15-17H,6-7,9H2,1-3H3. The second-order valence-corrected chi connectivity index (χ2v) is 4.89. The molecule has 0 saturated carbocycles. The first-order chi connectivity index (χ1) is 8.50. The van der Waals surface area contributed by atoms with Crippen molar-refractivity contribution in [2.75, 3.05) is 19.8 Å². The van der Waals surface area contributed by atoms with Crippen molar-refractivity contribution in [2.24, 2.45) is 5.92 Å². The van der Waals surface area contributed by atoms with Gasteiger partial charge in [-0.1, -0.05) is 13.8 Å². The molecule has 1 rings (SSSR count). The van der Waals surface area contributed by atoms with E-state index in [0.29, 0.717) is 24.6 Å². The van der Waals surface area contributed by atoms with Gasteiger partial charge in [0.05, 0.1) is 6.61 Å². The van der Waals surface area contributed by atoms with Crippen LogP contribution in [0.3, 0.4) is 0 Å². The Kier molecular flexibility index (Phi) is 5.95. The largest absolute Gasteiger partial charge is 0.508 e. The van der Waals surface area contributed by atoms with E-state index < -0.39 is 0 Å². The van der Waals surface area contributed by atoms with Crippen molar-refractivity contribution in [1.82, 2.24) is 5.32 Å². The number of ether oxygens (including phenoxy) is 1. The molecule has 4 heteroatoms. The minimum Gasteiger partial charge on any atom is -0.508 e. The third-order valence-electron chi connectivity index (χ3n) is 2.63. The minimum absolute atomic E-state index is 0.0280. The fourth-order valence-electron chi connectivity index (χ4n) is 1.67. The first kappa shape index (κ1) is 14.8. The van der Waals surface area contributed by atoms with Crippen LogP contribution in [0.1, 0.15) is 32.4 Å². The highest BCUT2D eigenvalue weighted by Crippen LogP contribution is 2.27. The van der Waals surface area contributed by atoms with E-state index in [1.165, 1.54) is 12.1 Å². The first-order valence-electron chi connectivity index (χ1n) is 6.33. The van der Waals surface area contributed by atoms with Crippen LogP contribution in [0.25, 0.3) is 0 Å². The van der Waals surface area contributed by atoms with Gasteiger partial charge in [0.25, 0.3) is 0 Å². The lowest BCUT2D eigenvalue weighted by molar-refractivity contribution is 0.110. The summed E-state index contributed by atoms with van der Waals surface area (Å²) < 4.78 is 5.46. The molecule has 1 aromatic rings. The molecule has 0 saturated heterocycles. The van der Waals surface area contributed by atoms with Crippen LogP contribution in [-0.2, 0) is 4.74 Å². The highest BCUT2D eigenvalue weighted by molar-refractivity contribution is 5.40. The van der Waals surface area contributed by atoms with Crippen molar-refractivity contribution >= 4 is 0 Å². The number of nitrogens with one attached hydrogen (secondary N) is 1. The molecule has 4 nitrogen and oxygen atoms in total. The summed E-state index contributed by atoms with van der Waals surface area (Å²) in [7, 11) is 0. The number of hydrogen-bond acceptors (Lipinski definition) is 4. The number of hydrogen-bond donors (Lipinski definition) is 3. The predicted octanol–water partition coefficient (Wildman–Crippen LogP) is 2.42. The van der Waals surface area contributed by atoms with E-state index in [9.17, 15) is 10.2 Å². The molecule has 0 aliphatic rings. The second-order valence-electron chi connectivity index (χ2n) is 4.89. The van der Waals surface area contributed by atoms with Crippen molar-refractivity contribution < 1.29 is 14.9 Å². The van der Waals surface area contributed by atoms with E-state index in [-0.39, 0.29) is 17.5 Å². The average Bonchev–Trinajstić information content (AvgIpc) is 2.31. The Morgan fingerprint density at radius 2 is 1.94 bits per heavy atom. The lowest BCUT2D eigenvalue weighted by atomic mass is 10.1. The summed E-state index contributed by atoms with van der Waals surface area (Å²) in [6, 6.07) is 4.51. The third kappa shape index (κ3) is 4.94.